The number of ether oxygens (including phenoxy) is 2. The van der Waals surface area contributed by atoms with Crippen LogP contribution in [0.25, 0.3) is 0 Å². The molecular formula is C37H39N3O7S. The van der Waals surface area contributed by atoms with Gasteiger partial charge in [0.1, 0.15) is 34.5 Å². The van der Waals surface area contributed by atoms with Gasteiger partial charge < -0.3 is 25.2 Å². The Labute approximate surface area is 284 Å². The van der Waals surface area contributed by atoms with Crippen LogP contribution in [0.5, 0.6) is 5.75 Å². The van der Waals surface area contributed by atoms with Crippen molar-refractivity contribution in [3.8, 4) is 5.75 Å². The Morgan fingerprint density at radius 2 is 1.56 bits per heavy atom. The molecular weight excluding hydrogens is 630 g/mol. The van der Waals surface area contributed by atoms with Crippen molar-refractivity contribution in [1.29, 1.82) is 0 Å². The van der Waals surface area contributed by atoms with Gasteiger partial charge in [-0.25, -0.2) is 9.59 Å². The first-order valence-corrected chi connectivity index (χ1v) is 16.7. The molecule has 0 bridgehead atoms. The smallest absolute Gasteiger partial charge is 0.408 e. The molecule has 3 atom stereocenters. The molecule has 3 aromatic carbocycles. The largest absolute Gasteiger partial charge is 0.508 e. The molecule has 3 amide bonds. The Balaban J connectivity index is 1.39. The van der Waals surface area contributed by atoms with E-state index in [2.05, 4.69) is 10.6 Å². The van der Waals surface area contributed by atoms with Crippen LogP contribution in [0.15, 0.2) is 108 Å². The number of aromatic hydroxyl groups is 1. The topological polar surface area (TPSA) is 134 Å². The molecule has 2 unspecified atom stereocenters. The minimum Gasteiger partial charge on any atom is -0.508 e. The molecule has 1 fully saturated rings. The van der Waals surface area contributed by atoms with Crippen LogP contribution in [0.1, 0.15) is 63.0 Å². The number of nitrogens with zero attached hydrogens (tertiary/aromatic N) is 1. The molecule has 3 aromatic rings. The number of rotatable bonds is 10. The zero-order chi connectivity index (χ0) is 34.4. The van der Waals surface area contributed by atoms with Crippen LogP contribution in [0.4, 0.5) is 4.79 Å². The van der Waals surface area contributed by atoms with Gasteiger partial charge in [0.05, 0.1) is 0 Å². The van der Waals surface area contributed by atoms with Crippen molar-refractivity contribution in [2.45, 2.75) is 63.3 Å². The predicted molar refractivity (Wildman–Crippen MR) is 183 cm³/mol. The summed E-state index contributed by atoms with van der Waals surface area (Å²) < 4.78 is 11.6. The first-order valence-electron chi connectivity index (χ1n) is 15.6. The van der Waals surface area contributed by atoms with Crippen molar-refractivity contribution in [3.05, 3.63) is 125 Å². The molecule has 48 heavy (non-hydrogen) atoms. The van der Waals surface area contributed by atoms with Gasteiger partial charge in [-0.3, -0.25) is 14.5 Å². The third-order valence-electron chi connectivity index (χ3n) is 7.72. The number of phenols is 1. The Hall–Kier alpha value is -5.03. The van der Waals surface area contributed by atoms with E-state index < -0.39 is 53.0 Å². The number of nitrogens with one attached hydrogen (secondary N) is 2. The van der Waals surface area contributed by atoms with Gasteiger partial charge in [-0.1, -0.05) is 84.9 Å². The van der Waals surface area contributed by atoms with E-state index >= 15 is 0 Å². The lowest BCUT2D eigenvalue weighted by molar-refractivity contribution is -0.154. The number of benzene rings is 3. The van der Waals surface area contributed by atoms with Gasteiger partial charge in [-0.05, 0) is 68.5 Å². The number of allylic oxidation sites excluding steroid dienone is 2. The fourth-order valence-electron chi connectivity index (χ4n) is 5.46. The Bertz CT molecular complexity index is 1660. The number of thioether (sulfide) groups is 1. The van der Waals surface area contributed by atoms with Crippen molar-refractivity contribution in [2.75, 3.05) is 5.75 Å². The minimum atomic E-state index is -1.22. The van der Waals surface area contributed by atoms with Crippen LogP contribution in [0.2, 0.25) is 0 Å². The molecule has 3 N–H and O–H groups in total. The second-order valence-electron chi connectivity index (χ2n) is 12.4. The van der Waals surface area contributed by atoms with Gasteiger partial charge in [-0.2, -0.15) is 0 Å². The van der Waals surface area contributed by atoms with Gasteiger partial charge in [-0.15, -0.1) is 11.8 Å². The highest BCUT2D eigenvalue weighted by atomic mass is 32.2. The number of fused-ring (bicyclic) bond motifs is 1. The van der Waals surface area contributed by atoms with Crippen molar-refractivity contribution in [1.82, 2.24) is 15.5 Å². The van der Waals surface area contributed by atoms with Crippen LogP contribution < -0.4 is 10.6 Å². The summed E-state index contributed by atoms with van der Waals surface area (Å²) in [5, 5.41) is 14.6. The summed E-state index contributed by atoms with van der Waals surface area (Å²) in [6, 6.07) is 22.4. The van der Waals surface area contributed by atoms with E-state index in [0.29, 0.717) is 17.7 Å². The third-order valence-corrected chi connectivity index (χ3v) is 9.06. The second-order valence-corrected chi connectivity index (χ2v) is 13.5. The molecule has 11 heteroatoms. The van der Waals surface area contributed by atoms with Gasteiger partial charge in [0.2, 0.25) is 5.91 Å². The number of hydrogen-bond donors (Lipinski definition) is 3. The molecule has 10 nitrogen and oxygen atoms in total. The number of esters is 1. The first-order chi connectivity index (χ1) is 23.0. The third kappa shape index (κ3) is 7.91. The summed E-state index contributed by atoms with van der Waals surface area (Å²) in [4.78, 5) is 55.7. The maximum absolute atomic E-state index is 14.1. The van der Waals surface area contributed by atoms with Gasteiger partial charge in [0.25, 0.3) is 5.91 Å². The number of carbonyl (C=O) groups is 4. The molecule has 0 aromatic heterocycles. The van der Waals surface area contributed by atoms with E-state index in [1.165, 1.54) is 40.9 Å². The Kier molecular flexibility index (Phi) is 10.6. The highest BCUT2D eigenvalue weighted by Crippen LogP contribution is 2.42. The summed E-state index contributed by atoms with van der Waals surface area (Å²) in [5.74, 6) is -1.33. The molecule has 250 valence electrons. The average molecular weight is 670 g/mol. The number of phenolic OH excluding ortho intramolecular Hbond substituents is 1. The first kappa shape index (κ1) is 34.3. The van der Waals surface area contributed by atoms with Gasteiger partial charge >= 0.3 is 12.1 Å². The van der Waals surface area contributed by atoms with Crippen molar-refractivity contribution in [2.24, 2.45) is 0 Å². The van der Waals surface area contributed by atoms with E-state index in [9.17, 15) is 24.3 Å². The fourth-order valence-corrected chi connectivity index (χ4v) is 6.83. The highest BCUT2D eigenvalue weighted by Gasteiger charge is 2.55. The molecule has 5 rings (SSSR count). The van der Waals surface area contributed by atoms with Crippen LogP contribution >= 0.6 is 11.8 Å². The zero-order valence-electron chi connectivity index (χ0n) is 27.2. The van der Waals surface area contributed by atoms with Crippen molar-refractivity contribution >= 4 is 35.6 Å². The number of alkyl carbamates (subject to hydrolysis) is 1. The van der Waals surface area contributed by atoms with Crippen molar-refractivity contribution in [3.63, 3.8) is 0 Å². The van der Waals surface area contributed by atoms with Crippen LogP contribution in [-0.2, 0) is 23.9 Å². The normalized spacial score (nSPS) is 18.2. The number of β-lactam (4-membered cyclic amide) rings is 1. The standard InChI is InChI=1S/C37H39N3O7S/c1-5-6-13-26-22-48-34-29(38-32(42)28(23-18-20-27(41)21-19-23)39-36(45)47-37(2,3)4)33(43)40(34)30(26)35(44)46-31(24-14-9-7-10-15-24)25-16-11-8-12-17-25/h5-12,14-21,28-29,31,34,41H,13,22H2,1-4H3,(H,38,42)(H,39,45)/b6-5-/t28?,29?,34-/m1/s1. The molecule has 0 spiro atoms. The Morgan fingerprint density at radius 1 is 0.958 bits per heavy atom. The van der Waals surface area contributed by atoms with E-state index in [0.717, 1.165) is 16.7 Å². The van der Waals surface area contributed by atoms with Crippen LogP contribution in [0, 0.1) is 0 Å². The van der Waals surface area contributed by atoms with E-state index in [1.54, 1.807) is 20.8 Å². The summed E-state index contributed by atoms with van der Waals surface area (Å²) in [6.45, 7) is 6.99. The molecule has 0 aliphatic carbocycles. The monoisotopic (exact) mass is 669 g/mol. The second kappa shape index (κ2) is 14.8. The number of carbonyl (C=O) groups excluding carboxylic acids is 4. The SMILES string of the molecule is C/C=C\CC1=C(C(=O)OC(c2ccccc2)c2ccccc2)N2C(=O)C(NC(=O)C(NC(=O)OC(C)(C)C)c3ccc(O)cc3)[C@H]2SC1. The number of amides is 3. The van der Waals surface area contributed by atoms with Crippen LogP contribution in [-0.4, -0.2) is 56.7 Å². The summed E-state index contributed by atoms with van der Waals surface area (Å²) >= 11 is 1.44. The molecule has 2 aliphatic heterocycles. The highest BCUT2D eigenvalue weighted by molar-refractivity contribution is 8.00. The zero-order valence-corrected chi connectivity index (χ0v) is 28.0. The number of hydrogen-bond acceptors (Lipinski definition) is 8. The van der Waals surface area contributed by atoms with E-state index in [1.807, 2.05) is 79.7 Å². The van der Waals surface area contributed by atoms with E-state index in [-0.39, 0.29) is 11.4 Å². The average Bonchev–Trinajstić information content (AvgIpc) is 3.07. The molecule has 2 heterocycles. The lowest BCUT2D eigenvalue weighted by atomic mass is 9.99. The quantitative estimate of drug-likeness (QED) is 0.138. The molecule has 0 radical (unpaired) electrons. The van der Waals surface area contributed by atoms with Crippen LogP contribution in [0.3, 0.4) is 0 Å². The summed E-state index contributed by atoms with van der Waals surface area (Å²) in [6.07, 6.45) is 2.72. The maximum atomic E-state index is 14.1. The Morgan fingerprint density at radius 3 is 2.12 bits per heavy atom. The maximum Gasteiger partial charge on any atom is 0.408 e. The minimum absolute atomic E-state index is 0.0136. The van der Waals surface area contributed by atoms with Gasteiger partial charge in [0.15, 0.2) is 6.10 Å². The van der Waals surface area contributed by atoms with Gasteiger partial charge in [0, 0.05) is 5.75 Å². The van der Waals surface area contributed by atoms with E-state index in [4.69, 9.17) is 9.47 Å². The lowest BCUT2D eigenvalue weighted by Crippen LogP contribution is -2.71. The molecule has 0 saturated carbocycles. The fraction of sp³-hybridized carbons (Fsp3) is 0.297. The van der Waals surface area contributed by atoms with Crippen molar-refractivity contribution < 1.29 is 33.8 Å². The lowest BCUT2D eigenvalue weighted by Gasteiger charge is -2.50. The summed E-state index contributed by atoms with van der Waals surface area (Å²) in [5.41, 5.74) is 2.05. The molecule has 2 aliphatic rings. The molecule has 1 saturated heterocycles. The predicted octanol–water partition coefficient (Wildman–Crippen LogP) is 5.91. The summed E-state index contributed by atoms with van der Waals surface area (Å²) in [7, 11) is 0.